The van der Waals surface area contributed by atoms with Gasteiger partial charge in [0, 0.05) is 23.4 Å². The zero-order valence-electron chi connectivity index (χ0n) is 10.1. The molecule has 2 nitrogen and oxygen atoms in total. The van der Waals surface area contributed by atoms with E-state index in [9.17, 15) is 13.2 Å². The van der Waals surface area contributed by atoms with E-state index >= 15 is 0 Å². The SMILES string of the molecule is C=C(N)c1c(C)cc(NC2CCC2(F)F)cc1F. The Morgan fingerprint density at radius 2 is 2.17 bits per heavy atom. The van der Waals surface area contributed by atoms with E-state index in [-0.39, 0.29) is 17.7 Å². The number of alkyl halides is 2. The molecule has 0 radical (unpaired) electrons. The van der Waals surface area contributed by atoms with E-state index in [4.69, 9.17) is 5.73 Å². The zero-order valence-corrected chi connectivity index (χ0v) is 10.1. The fourth-order valence-electron chi connectivity index (χ4n) is 2.12. The number of aryl methyl sites for hydroxylation is 1. The Morgan fingerprint density at radius 1 is 1.50 bits per heavy atom. The van der Waals surface area contributed by atoms with Crippen LogP contribution in [-0.2, 0) is 0 Å². The highest BCUT2D eigenvalue weighted by Crippen LogP contribution is 2.39. The van der Waals surface area contributed by atoms with Crippen LogP contribution in [0.15, 0.2) is 18.7 Å². The first-order valence-electron chi connectivity index (χ1n) is 5.70. The van der Waals surface area contributed by atoms with Crippen LogP contribution in [0.5, 0.6) is 0 Å². The van der Waals surface area contributed by atoms with Gasteiger partial charge in [-0.1, -0.05) is 6.58 Å². The van der Waals surface area contributed by atoms with E-state index in [1.165, 1.54) is 6.07 Å². The highest BCUT2D eigenvalue weighted by atomic mass is 19.3. The predicted octanol–water partition coefficient (Wildman–Crippen LogP) is 3.27. The van der Waals surface area contributed by atoms with Crippen molar-refractivity contribution in [3.8, 4) is 0 Å². The van der Waals surface area contributed by atoms with E-state index in [0.717, 1.165) is 0 Å². The Labute approximate surface area is 104 Å². The maximum absolute atomic E-state index is 13.8. The second-order valence-corrected chi connectivity index (χ2v) is 4.67. The van der Waals surface area contributed by atoms with Crippen LogP contribution in [0, 0.1) is 12.7 Å². The Morgan fingerprint density at radius 3 is 2.56 bits per heavy atom. The van der Waals surface area contributed by atoms with Gasteiger partial charge in [0.05, 0.1) is 6.04 Å². The van der Waals surface area contributed by atoms with Crippen LogP contribution in [0.2, 0.25) is 0 Å². The third-order valence-electron chi connectivity index (χ3n) is 3.23. The van der Waals surface area contributed by atoms with Gasteiger partial charge >= 0.3 is 0 Å². The van der Waals surface area contributed by atoms with Crippen LogP contribution in [0.1, 0.15) is 24.0 Å². The molecular weight excluding hydrogens is 241 g/mol. The minimum absolute atomic E-state index is 0.121. The Balaban J connectivity index is 2.23. The van der Waals surface area contributed by atoms with E-state index in [0.29, 0.717) is 17.7 Å². The van der Waals surface area contributed by atoms with Crippen LogP contribution < -0.4 is 11.1 Å². The number of nitrogens with two attached hydrogens (primary N) is 1. The van der Waals surface area contributed by atoms with Crippen molar-refractivity contribution in [1.82, 2.24) is 0 Å². The van der Waals surface area contributed by atoms with E-state index in [1.807, 2.05) is 0 Å². The molecule has 1 aromatic carbocycles. The predicted molar refractivity (Wildman–Crippen MR) is 66.0 cm³/mol. The van der Waals surface area contributed by atoms with Gasteiger partial charge in [0.15, 0.2) is 0 Å². The molecule has 0 aliphatic heterocycles. The van der Waals surface area contributed by atoms with Crippen LogP contribution in [0.25, 0.3) is 5.70 Å². The average Bonchev–Trinajstić information content (AvgIpc) is 2.23. The standard InChI is InChI=1S/C13H15F3N2/c1-7-5-9(6-10(14)12(7)8(2)17)18-11-3-4-13(11,15)16/h5-6,11,18H,2-4,17H2,1H3. The van der Waals surface area contributed by atoms with Crippen molar-refractivity contribution in [3.63, 3.8) is 0 Å². The molecule has 0 heterocycles. The monoisotopic (exact) mass is 256 g/mol. The summed E-state index contributed by atoms with van der Waals surface area (Å²) in [5.41, 5.74) is 6.76. The van der Waals surface area contributed by atoms with Crippen LogP contribution >= 0.6 is 0 Å². The number of benzene rings is 1. The number of anilines is 1. The minimum Gasteiger partial charge on any atom is -0.399 e. The van der Waals surface area contributed by atoms with Gasteiger partial charge in [0.1, 0.15) is 5.82 Å². The van der Waals surface area contributed by atoms with E-state index in [1.54, 1.807) is 13.0 Å². The normalized spacial score (nSPS) is 21.2. The molecule has 3 N–H and O–H groups in total. The maximum atomic E-state index is 13.8. The molecule has 1 unspecified atom stereocenters. The second kappa shape index (κ2) is 4.23. The lowest BCUT2D eigenvalue weighted by Gasteiger charge is -2.37. The molecule has 0 amide bonds. The van der Waals surface area contributed by atoms with Crippen LogP contribution in [0.3, 0.4) is 0 Å². The Bertz CT molecular complexity index is 474. The first kappa shape index (κ1) is 12.8. The lowest BCUT2D eigenvalue weighted by molar-refractivity contribution is -0.0845. The highest BCUT2D eigenvalue weighted by Gasteiger charge is 2.48. The highest BCUT2D eigenvalue weighted by molar-refractivity contribution is 5.67. The maximum Gasteiger partial charge on any atom is 0.267 e. The summed E-state index contributed by atoms with van der Waals surface area (Å²) in [6, 6.07) is 1.86. The van der Waals surface area contributed by atoms with Gasteiger partial charge in [-0.15, -0.1) is 0 Å². The molecule has 0 saturated heterocycles. The molecule has 1 aliphatic carbocycles. The minimum atomic E-state index is -2.71. The molecule has 98 valence electrons. The van der Waals surface area contributed by atoms with Crippen molar-refractivity contribution in [2.75, 3.05) is 5.32 Å². The molecule has 1 aromatic rings. The fourth-order valence-corrected chi connectivity index (χ4v) is 2.12. The van der Waals surface area contributed by atoms with Gasteiger partial charge in [-0.05, 0) is 31.0 Å². The van der Waals surface area contributed by atoms with Crippen LogP contribution in [0.4, 0.5) is 18.9 Å². The van der Waals surface area contributed by atoms with Crippen molar-refractivity contribution < 1.29 is 13.2 Å². The molecule has 0 bridgehead atoms. The number of nitrogens with one attached hydrogen (secondary N) is 1. The topological polar surface area (TPSA) is 38.0 Å². The Kier molecular flexibility index (Phi) is 3.00. The summed E-state index contributed by atoms with van der Waals surface area (Å²) in [5.74, 6) is -3.26. The lowest BCUT2D eigenvalue weighted by Crippen LogP contribution is -2.49. The summed E-state index contributed by atoms with van der Waals surface area (Å²) in [6.07, 6.45) is 0.267. The fraction of sp³-hybridized carbons (Fsp3) is 0.385. The molecule has 1 atom stereocenters. The quantitative estimate of drug-likeness (QED) is 0.871. The van der Waals surface area contributed by atoms with Gasteiger partial charge in [-0.3, -0.25) is 0 Å². The van der Waals surface area contributed by atoms with E-state index < -0.39 is 17.8 Å². The zero-order chi connectivity index (χ0) is 13.5. The van der Waals surface area contributed by atoms with Gasteiger partial charge in [-0.2, -0.15) is 0 Å². The second-order valence-electron chi connectivity index (χ2n) is 4.67. The van der Waals surface area contributed by atoms with Gasteiger partial charge < -0.3 is 11.1 Å². The number of halogens is 3. The molecule has 1 aliphatic rings. The third kappa shape index (κ3) is 2.17. The largest absolute Gasteiger partial charge is 0.399 e. The van der Waals surface area contributed by atoms with Gasteiger partial charge in [0.2, 0.25) is 0 Å². The Hall–Kier alpha value is -1.65. The summed E-state index contributed by atoms with van der Waals surface area (Å²) in [6.45, 7) is 5.15. The summed E-state index contributed by atoms with van der Waals surface area (Å²) in [5, 5.41) is 2.66. The third-order valence-corrected chi connectivity index (χ3v) is 3.23. The van der Waals surface area contributed by atoms with Crippen molar-refractivity contribution in [1.29, 1.82) is 0 Å². The molecule has 1 saturated carbocycles. The van der Waals surface area contributed by atoms with Gasteiger partial charge in [0.25, 0.3) is 5.92 Å². The molecular formula is C13H15F3N2. The number of rotatable bonds is 3. The van der Waals surface area contributed by atoms with Crippen molar-refractivity contribution in [3.05, 3.63) is 35.7 Å². The molecule has 18 heavy (non-hydrogen) atoms. The summed E-state index contributed by atoms with van der Waals surface area (Å²) >= 11 is 0. The summed E-state index contributed by atoms with van der Waals surface area (Å²) in [4.78, 5) is 0. The molecule has 0 aromatic heterocycles. The number of hydrogen-bond acceptors (Lipinski definition) is 2. The van der Waals surface area contributed by atoms with E-state index in [2.05, 4.69) is 11.9 Å². The van der Waals surface area contributed by atoms with Gasteiger partial charge in [-0.25, -0.2) is 13.2 Å². The molecule has 2 rings (SSSR count). The summed E-state index contributed by atoms with van der Waals surface area (Å²) in [7, 11) is 0. The average molecular weight is 256 g/mol. The smallest absolute Gasteiger partial charge is 0.267 e. The molecule has 5 heteroatoms. The lowest BCUT2D eigenvalue weighted by atomic mass is 9.87. The molecule has 1 fully saturated rings. The number of hydrogen-bond donors (Lipinski definition) is 2. The van der Waals surface area contributed by atoms with Crippen molar-refractivity contribution in [2.45, 2.75) is 31.7 Å². The summed E-state index contributed by atoms with van der Waals surface area (Å²) < 4.78 is 40.0. The first-order chi connectivity index (χ1) is 8.31. The van der Waals surface area contributed by atoms with Crippen molar-refractivity contribution >= 4 is 11.4 Å². The first-order valence-corrected chi connectivity index (χ1v) is 5.70. The molecule has 0 spiro atoms. The van der Waals surface area contributed by atoms with Crippen molar-refractivity contribution in [2.24, 2.45) is 5.73 Å². The van der Waals surface area contributed by atoms with Crippen LogP contribution in [-0.4, -0.2) is 12.0 Å².